The zero-order valence-electron chi connectivity index (χ0n) is 23.0. The molecular weight excluding hydrogens is 628 g/mol. The van der Waals surface area contributed by atoms with Crippen molar-refractivity contribution in [3.05, 3.63) is 93.1 Å². The molecule has 1 fully saturated rings. The number of hydrogen-bond acceptors (Lipinski definition) is 8. The number of nitrogens with zero attached hydrogens (tertiary/aromatic N) is 3. The molecule has 2 heterocycles. The van der Waals surface area contributed by atoms with Crippen LogP contribution >= 0.6 is 22.9 Å². The van der Waals surface area contributed by atoms with Gasteiger partial charge in [0.15, 0.2) is 0 Å². The fourth-order valence-corrected chi connectivity index (χ4v) is 7.79. The van der Waals surface area contributed by atoms with E-state index >= 15 is 0 Å². The molecule has 0 radical (unpaired) electrons. The normalized spacial score (nSPS) is 15.0. The van der Waals surface area contributed by atoms with E-state index in [4.69, 9.17) is 21.6 Å². The number of fused-ring (bicyclic) bond motifs is 1. The van der Waals surface area contributed by atoms with Gasteiger partial charge in [-0.05, 0) is 52.6 Å². The highest BCUT2D eigenvalue weighted by atomic mass is 35.5. The zero-order chi connectivity index (χ0) is 31.4. The number of likely N-dealkylation sites (tertiary alicyclic amines) is 1. The number of amides is 2. The van der Waals surface area contributed by atoms with Crippen molar-refractivity contribution in [1.29, 1.82) is 5.26 Å². The Bertz CT molecular complexity index is 1890. The molecule has 0 unspecified atom stereocenters. The molecule has 2 N–H and O–H groups in total. The van der Waals surface area contributed by atoms with Gasteiger partial charge in [0.2, 0.25) is 15.9 Å². The van der Waals surface area contributed by atoms with Crippen molar-refractivity contribution in [2.24, 2.45) is 0 Å². The Balaban J connectivity index is 1.35. The number of carbonyl (C=O) groups is 3. The molecule has 3 aromatic carbocycles. The summed E-state index contributed by atoms with van der Waals surface area (Å²) in [6.45, 7) is -0.479. The van der Waals surface area contributed by atoms with E-state index in [1.165, 1.54) is 40.5 Å². The number of aliphatic carboxylic acids is 1. The summed E-state index contributed by atoms with van der Waals surface area (Å²) >= 11 is 7.83. The lowest BCUT2D eigenvalue weighted by Gasteiger charge is -2.26. The van der Waals surface area contributed by atoms with Crippen LogP contribution in [0.2, 0.25) is 5.02 Å². The smallest absolute Gasteiger partial charge is 0.411 e. The van der Waals surface area contributed by atoms with Crippen molar-refractivity contribution in [3.8, 4) is 6.07 Å². The lowest BCUT2D eigenvalue weighted by Crippen LogP contribution is -2.47. The van der Waals surface area contributed by atoms with Gasteiger partial charge in [-0.2, -0.15) is 9.57 Å². The van der Waals surface area contributed by atoms with Crippen molar-refractivity contribution >= 4 is 67.4 Å². The number of carboxylic acids is 1. The number of thiophene rings is 1. The minimum absolute atomic E-state index is 0.0809. The fourth-order valence-electron chi connectivity index (χ4n) is 4.93. The average Bonchev–Trinajstić information content (AvgIpc) is 3.61. The van der Waals surface area contributed by atoms with Gasteiger partial charge in [0, 0.05) is 24.2 Å². The lowest BCUT2D eigenvalue weighted by molar-refractivity contribution is -0.138. The van der Waals surface area contributed by atoms with Crippen LogP contribution in [0.3, 0.4) is 0 Å². The Morgan fingerprint density at radius 1 is 1.14 bits per heavy atom. The number of ether oxygens (including phenoxy) is 1. The highest BCUT2D eigenvalue weighted by Crippen LogP contribution is 2.35. The van der Waals surface area contributed by atoms with Gasteiger partial charge in [0.25, 0.3) is 0 Å². The maximum atomic E-state index is 13.9. The molecule has 0 saturated carbocycles. The van der Waals surface area contributed by atoms with Crippen LogP contribution in [0, 0.1) is 11.3 Å². The van der Waals surface area contributed by atoms with E-state index in [2.05, 4.69) is 5.32 Å². The number of benzene rings is 3. The van der Waals surface area contributed by atoms with Gasteiger partial charge in [0.1, 0.15) is 35.0 Å². The number of carboxylic acid groups (broad SMARTS) is 1. The second-order valence-corrected chi connectivity index (χ2v) is 13.1. The first kappa shape index (κ1) is 31.0. The number of nitrogens with one attached hydrogen (secondary N) is 1. The molecule has 1 aliphatic heterocycles. The minimum Gasteiger partial charge on any atom is -0.480 e. The topological polar surface area (TPSA) is 157 Å². The SMILES string of the molecule is N#Cc1cc(CN2CC[C@H](N(CC(=O)O)S(=O)(=O)c3ccc4cc(NC(=O)OCc5ccccc5)ccc4c3Cl)C2=O)cs1. The molecule has 4 aromatic rings. The second kappa shape index (κ2) is 13.0. The van der Waals surface area contributed by atoms with Crippen molar-refractivity contribution in [1.82, 2.24) is 9.21 Å². The molecule has 2 amide bonds. The Morgan fingerprint density at radius 2 is 1.91 bits per heavy atom. The molecule has 0 bridgehead atoms. The largest absolute Gasteiger partial charge is 0.480 e. The maximum Gasteiger partial charge on any atom is 0.411 e. The van der Waals surface area contributed by atoms with E-state index in [0.29, 0.717) is 25.6 Å². The number of rotatable bonds is 10. The average molecular weight is 653 g/mol. The molecule has 44 heavy (non-hydrogen) atoms. The first-order valence-corrected chi connectivity index (χ1v) is 16.0. The summed E-state index contributed by atoms with van der Waals surface area (Å²) in [6.07, 6.45) is -0.594. The van der Waals surface area contributed by atoms with Gasteiger partial charge >= 0.3 is 12.1 Å². The number of hydrogen-bond donors (Lipinski definition) is 2. The molecule has 0 aliphatic carbocycles. The molecule has 5 rings (SSSR count). The van der Waals surface area contributed by atoms with Crippen LogP contribution in [-0.2, 0) is 37.5 Å². The monoisotopic (exact) mass is 652 g/mol. The fraction of sp³-hybridized carbons (Fsp3) is 0.200. The highest BCUT2D eigenvalue weighted by molar-refractivity contribution is 7.89. The molecule has 14 heteroatoms. The third kappa shape index (κ3) is 6.68. The zero-order valence-corrected chi connectivity index (χ0v) is 25.4. The van der Waals surface area contributed by atoms with Crippen LogP contribution in [0.15, 0.2) is 77.0 Å². The summed E-state index contributed by atoms with van der Waals surface area (Å²) in [4.78, 5) is 39.0. The van der Waals surface area contributed by atoms with Crippen molar-refractivity contribution in [2.45, 2.75) is 30.5 Å². The third-order valence-electron chi connectivity index (χ3n) is 7.01. The van der Waals surface area contributed by atoms with Gasteiger partial charge in [0.05, 0.1) is 5.02 Å². The standard InChI is InChI=1S/C30H25ClN4O7S2/c31-28-24-8-7-22(33-30(39)42-17-19-4-2-1-3-5-19)13-21(24)6-9-26(28)44(40,41)35(16-27(36)37)25-10-11-34(29(25)38)15-20-12-23(14-32)43-18-20/h1-9,12-13,18,25H,10-11,15-17H2,(H,33,39)(H,36,37)/t25-/m0/s1. The Labute approximate surface area is 261 Å². The summed E-state index contributed by atoms with van der Waals surface area (Å²) in [5.41, 5.74) is 1.94. The van der Waals surface area contributed by atoms with Crippen LogP contribution in [0.25, 0.3) is 10.8 Å². The molecule has 1 saturated heterocycles. The van der Waals surface area contributed by atoms with E-state index < -0.39 is 40.6 Å². The predicted octanol–water partition coefficient (Wildman–Crippen LogP) is 5.05. The highest BCUT2D eigenvalue weighted by Gasteiger charge is 2.43. The van der Waals surface area contributed by atoms with Crippen LogP contribution < -0.4 is 5.32 Å². The van der Waals surface area contributed by atoms with Crippen molar-refractivity contribution in [3.63, 3.8) is 0 Å². The summed E-state index contributed by atoms with van der Waals surface area (Å²) in [5, 5.41) is 23.7. The molecule has 1 aromatic heterocycles. The predicted molar refractivity (Wildman–Crippen MR) is 164 cm³/mol. The summed E-state index contributed by atoms with van der Waals surface area (Å²) < 4.78 is 33.7. The van der Waals surface area contributed by atoms with Crippen LogP contribution in [0.1, 0.15) is 22.4 Å². The lowest BCUT2D eigenvalue weighted by atomic mass is 10.1. The van der Waals surface area contributed by atoms with Crippen LogP contribution in [-0.4, -0.2) is 59.8 Å². The number of anilines is 1. The van der Waals surface area contributed by atoms with Crippen LogP contribution in [0.5, 0.6) is 0 Å². The third-order valence-corrected chi connectivity index (χ3v) is 10.3. The van der Waals surface area contributed by atoms with E-state index in [1.54, 1.807) is 17.5 Å². The van der Waals surface area contributed by atoms with Crippen LogP contribution in [0.4, 0.5) is 10.5 Å². The van der Waals surface area contributed by atoms with E-state index in [-0.39, 0.29) is 36.0 Å². The first-order valence-electron chi connectivity index (χ1n) is 13.3. The summed E-state index contributed by atoms with van der Waals surface area (Å²) in [6, 6.07) is 19.0. The van der Waals surface area contributed by atoms with Gasteiger partial charge < -0.3 is 14.7 Å². The Morgan fingerprint density at radius 3 is 2.61 bits per heavy atom. The molecule has 226 valence electrons. The Hall–Kier alpha value is -4.48. The Kier molecular flexibility index (Phi) is 9.17. The second-order valence-electron chi connectivity index (χ2n) is 9.94. The van der Waals surface area contributed by atoms with E-state index in [0.717, 1.165) is 11.1 Å². The van der Waals surface area contributed by atoms with Crippen molar-refractivity contribution in [2.75, 3.05) is 18.4 Å². The summed E-state index contributed by atoms with van der Waals surface area (Å²) in [7, 11) is -4.55. The number of sulfonamides is 1. The first-order chi connectivity index (χ1) is 21.1. The number of carbonyl (C=O) groups excluding carboxylic acids is 2. The van der Waals surface area contributed by atoms with E-state index in [1.807, 2.05) is 36.4 Å². The number of halogens is 1. The maximum absolute atomic E-state index is 13.9. The van der Waals surface area contributed by atoms with Gasteiger partial charge in [-0.1, -0.05) is 54.1 Å². The number of nitriles is 1. The summed E-state index contributed by atoms with van der Waals surface area (Å²) in [5.74, 6) is -1.96. The van der Waals surface area contributed by atoms with Crippen molar-refractivity contribution < 1.29 is 32.6 Å². The van der Waals surface area contributed by atoms with Gasteiger partial charge in [-0.25, -0.2) is 13.2 Å². The quantitative estimate of drug-likeness (QED) is 0.241. The molecular formula is C30H25ClN4O7S2. The van der Waals surface area contributed by atoms with Gasteiger partial charge in [-0.3, -0.25) is 14.9 Å². The van der Waals surface area contributed by atoms with E-state index in [9.17, 15) is 27.9 Å². The molecule has 11 nitrogen and oxygen atoms in total. The van der Waals surface area contributed by atoms with Gasteiger partial charge in [-0.15, -0.1) is 11.3 Å². The minimum atomic E-state index is -4.55. The molecule has 1 aliphatic rings. The molecule has 0 spiro atoms. The molecule has 1 atom stereocenters.